The molecule has 8 heteroatoms. The van der Waals surface area contributed by atoms with E-state index in [1.54, 1.807) is 7.11 Å². The summed E-state index contributed by atoms with van der Waals surface area (Å²) in [5, 5.41) is 9.94. The van der Waals surface area contributed by atoms with Crippen LogP contribution in [-0.4, -0.2) is 56.0 Å². The zero-order valence-corrected chi connectivity index (χ0v) is 22.0. The van der Waals surface area contributed by atoms with E-state index in [4.69, 9.17) is 4.74 Å². The van der Waals surface area contributed by atoms with Crippen LogP contribution < -0.4 is 4.74 Å². The van der Waals surface area contributed by atoms with Crippen LogP contribution in [-0.2, 0) is 0 Å². The second-order valence-corrected chi connectivity index (χ2v) is 10.7. The molecule has 0 radical (unpaired) electrons. The molecule has 0 spiro atoms. The number of hydrogen-bond donors (Lipinski definition) is 0. The molecule has 2 aliphatic rings. The van der Waals surface area contributed by atoms with E-state index in [-0.39, 0.29) is 11.8 Å². The molecule has 3 aromatic rings. The largest absolute Gasteiger partial charge is 0.497 e. The number of thioether (sulfide) groups is 1. The number of ether oxygens (including phenoxy) is 1. The number of aromatic nitrogens is 4. The second-order valence-electron chi connectivity index (χ2n) is 9.74. The Morgan fingerprint density at radius 2 is 1.83 bits per heavy atom. The maximum Gasteiger partial charge on any atom is 0.196 e. The molecule has 0 N–H and O–H groups in total. The molecule has 1 atom stereocenters. The van der Waals surface area contributed by atoms with Crippen molar-refractivity contribution in [3.63, 3.8) is 0 Å². The molecule has 2 aromatic heterocycles. The summed E-state index contributed by atoms with van der Waals surface area (Å²) in [6, 6.07) is 10.7. The zero-order valence-electron chi connectivity index (χ0n) is 21.2. The predicted molar refractivity (Wildman–Crippen MR) is 139 cm³/mol. The number of methoxy groups -OCH3 is 1. The van der Waals surface area contributed by atoms with Crippen LogP contribution in [0.25, 0.3) is 5.69 Å². The van der Waals surface area contributed by atoms with E-state index in [1.165, 1.54) is 49.6 Å². The van der Waals surface area contributed by atoms with Crippen LogP contribution in [0.3, 0.4) is 0 Å². The van der Waals surface area contributed by atoms with Crippen molar-refractivity contribution in [3.8, 4) is 11.4 Å². The highest BCUT2D eigenvalue weighted by Gasteiger charge is 2.29. The third kappa shape index (κ3) is 4.91. The van der Waals surface area contributed by atoms with E-state index in [0.717, 1.165) is 46.8 Å². The van der Waals surface area contributed by atoms with Gasteiger partial charge in [0.2, 0.25) is 0 Å². The zero-order chi connectivity index (χ0) is 24.5. The highest BCUT2D eigenvalue weighted by molar-refractivity contribution is 7.99. The fourth-order valence-electron chi connectivity index (χ4n) is 5.25. The molecule has 0 unspecified atom stereocenters. The van der Waals surface area contributed by atoms with Crippen molar-refractivity contribution in [2.24, 2.45) is 0 Å². The summed E-state index contributed by atoms with van der Waals surface area (Å²) < 4.78 is 9.81. The van der Waals surface area contributed by atoms with E-state index in [2.05, 4.69) is 51.1 Å². The molecule has 7 nitrogen and oxygen atoms in total. The maximum atomic E-state index is 13.3. The minimum atomic E-state index is 0.143. The number of carbonyl (C=O) groups is 1. The third-order valence-electron chi connectivity index (χ3n) is 7.33. The Balaban J connectivity index is 1.41. The van der Waals surface area contributed by atoms with Gasteiger partial charge in [-0.15, -0.1) is 10.2 Å². The minimum absolute atomic E-state index is 0.143. The van der Waals surface area contributed by atoms with Gasteiger partial charge in [-0.25, -0.2) is 0 Å². The number of hydrogen-bond acceptors (Lipinski definition) is 6. The van der Waals surface area contributed by atoms with Crippen LogP contribution >= 0.6 is 11.8 Å². The maximum absolute atomic E-state index is 13.3. The molecule has 3 heterocycles. The lowest BCUT2D eigenvalue weighted by molar-refractivity contribution is 0.102. The van der Waals surface area contributed by atoms with Crippen LogP contribution in [0.1, 0.15) is 78.7 Å². The van der Waals surface area contributed by atoms with Gasteiger partial charge < -0.3 is 9.30 Å². The van der Waals surface area contributed by atoms with Crippen molar-refractivity contribution in [2.75, 3.05) is 26.0 Å². The lowest BCUT2D eigenvalue weighted by atomic mass is 10.1. The molecule has 35 heavy (non-hydrogen) atoms. The Bertz CT molecular complexity index is 1190. The third-order valence-corrected chi connectivity index (χ3v) is 8.26. The summed E-state index contributed by atoms with van der Waals surface area (Å²) in [5.41, 5.74) is 4.08. The number of Topliss-reactive ketones (excluding diaryl/α,β-unsaturated/α-hetero) is 1. The van der Waals surface area contributed by atoms with Crippen molar-refractivity contribution in [1.82, 2.24) is 24.2 Å². The van der Waals surface area contributed by atoms with Gasteiger partial charge in [-0.2, -0.15) is 0 Å². The number of ketones is 1. The summed E-state index contributed by atoms with van der Waals surface area (Å²) in [6.07, 6.45) is 6.15. The van der Waals surface area contributed by atoms with E-state index < -0.39 is 0 Å². The van der Waals surface area contributed by atoms with Gasteiger partial charge in [0.1, 0.15) is 5.75 Å². The number of aryl methyl sites for hydroxylation is 1. The first kappa shape index (κ1) is 24.1. The van der Waals surface area contributed by atoms with Crippen molar-refractivity contribution in [2.45, 2.75) is 70.1 Å². The molecule has 1 aromatic carbocycles. The molecule has 1 aliphatic heterocycles. The number of carbonyl (C=O) groups excluding carboxylic acids is 1. The van der Waals surface area contributed by atoms with Gasteiger partial charge in [0.25, 0.3) is 0 Å². The smallest absolute Gasteiger partial charge is 0.196 e. The van der Waals surface area contributed by atoms with Gasteiger partial charge in [-0.3, -0.25) is 14.3 Å². The van der Waals surface area contributed by atoms with E-state index in [1.807, 2.05) is 24.3 Å². The fourth-order valence-corrected chi connectivity index (χ4v) is 6.09. The normalized spacial score (nSPS) is 17.5. The lowest BCUT2D eigenvalue weighted by Gasteiger charge is -2.31. The van der Waals surface area contributed by atoms with Gasteiger partial charge in [-0.05, 0) is 89.9 Å². The average Bonchev–Trinajstić information content (AvgIpc) is 3.55. The standard InChI is InChI=1S/C27H35N5O2S/c1-18-16-24(19(2)31(18)21-8-9-21)25(33)17-35-27-29-28-26(20(3)30-14-6-5-7-15-30)32(27)22-10-12-23(34-4)13-11-22/h10-13,16,20-21H,5-9,14-15,17H2,1-4H3/t20-/m0/s1. The van der Waals surface area contributed by atoms with Gasteiger partial charge >= 0.3 is 0 Å². The molecule has 186 valence electrons. The first-order chi connectivity index (χ1) is 17.0. The number of likely N-dealkylation sites (tertiary alicyclic amines) is 1. The highest BCUT2D eigenvalue weighted by atomic mass is 32.2. The molecule has 1 saturated heterocycles. The Kier molecular flexibility index (Phi) is 7.02. The number of nitrogens with zero attached hydrogens (tertiary/aromatic N) is 5. The molecule has 0 amide bonds. The van der Waals surface area contributed by atoms with E-state index in [9.17, 15) is 4.79 Å². The number of piperidine rings is 1. The molecular formula is C27H35N5O2S. The first-order valence-corrected chi connectivity index (χ1v) is 13.6. The first-order valence-electron chi connectivity index (χ1n) is 12.7. The van der Waals surface area contributed by atoms with Gasteiger partial charge in [0.15, 0.2) is 16.8 Å². The Hall–Kier alpha value is -2.58. The van der Waals surface area contributed by atoms with Crippen LogP contribution in [0.15, 0.2) is 35.5 Å². The van der Waals surface area contributed by atoms with Crippen molar-refractivity contribution < 1.29 is 9.53 Å². The Labute approximate surface area is 211 Å². The monoisotopic (exact) mass is 493 g/mol. The summed E-state index contributed by atoms with van der Waals surface area (Å²) in [5.74, 6) is 2.20. The van der Waals surface area contributed by atoms with Gasteiger partial charge in [-0.1, -0.05) is 18.2 Å². The molecule has 1 saturated carbocycles. The predicted octanol–water partition coefficient (Wildman–Crippen LogP) is 5.55. The minimum Gasteiger partial charge on any atom is -0.497 e. The van der Waals surface area contributed by atoms with Crippen molar-refractivity contribution in [3.05, 3.63) is 53.1 Å². The summed E-state index contributed by atoms with van der Waals surface area (Å²) in [4.78, 5) is 15.7. The van der Waals surface area contributed by atoms with E-state index in [0.29, 0.717) is 11.8 Å². The molecule has 2 fully saturated rings. The van der Waals surface area contributed by atoms with Crippen LogP contribution in [0.2, 0.25) is 0 Å². The fraction of sp³-hybridized carbons (Fsp3) is 0.519. The van der Waals surface area contributed by atoms with Crippen LogP contribution in [0, 0.1) is 13.8 Å². The summed E-state index contributed by atoms with van der Waals surface area (Å²) in [6.45, 7) is 8.54. The second kappa shape index (κ2) is 10.2. The summed E-state index contributed by atoms with van der Waals surface area (Å²) >= 11 is 1.47. The number of benzene rings is 1. The Morgan fingerprint density at radius 3 is 2.49 bits per heavy atom. The molecular weight excluding hydrogens is 458 g/mol. The number of rotatable bonds is 9. The Morgan fingerprint density at radius 1 is 1.11 bits per heavy atom. The quantitative estimate of drug-likeness (QED) is 0.288. The SMILES string of the molecule is COc1ccc(-n2c(SCC(=O)c3cc(C)n(C4CC4)c3C)nnc2[C@H](C)N2CCCCC2)cc1. The highest BCUT2D eigenvalue weighted by Crippen LogP contribution is 2.38. The van der Waals surface area contributed by atoms with Crippen LogP contribution in [0.5, 0.6) is 5.75 Å². The van der Waals surface area contributed by atoms with Gasteiger partial charge in [0, 0.05) is 28.7 Å². The topological polar surface area (TPSA) is 65.2 Å². The van der Waals surface area contributed by atoms with E-state index >= 15 is 0 Å². The molecule has 1 aliphatic carbocycles. The lowest BCUT2D eigenvalue weighted by Crippen LogP contribution is -2.33. The van der Waals surface area contributed by atoms with Gasteiger partial charge in [0.05, 0.1) is 18.9 Å². The van der Waals surface area contributed by atoms with Crippen molar-refractivity contribution >= 4 is 17.5 Å². The summed E-state index contributed by atoms with van der Waals surface area (Å²) in [7, 11) is 1.67. The average molecular weight is 494 g/mol. The van der Waals surface area contributed by atoms with Crippen LogP contribution in [0.4, 0.5) is 0 Å². The van der Waals surface area contributed by atoms with Crippen molar-refractivity contribution in [1.29, 1.82) is 0 Å². The molecule has 0 bridgehead atoms. The molecule has 5 rings (SSSR count).